The van der Waals surface area contributed by atoms with E-state index < -0.39 is 24.2 Å². The van der Waals surface area contributed by atoms with Gasteiger partial charge in [0.2, 0.25) is 0 Å². The topological polar surface area (TPSA) is 73.9 Å². The van der Waals surface area contributed by atoms with Gasteiger partial charge in [-0.15, -0.1) is 0 Å². The first-order chi connectivity index (χ1) is 22.0. The molecule has 5 aromatic rings. The molecule has 0 aromatic heterocycles. The molecular weight excluding hydrogens is 562 g/mol. The Morgan fingerprint density at radius 1 is 0.711 bits per heavy atom. The van der Waals surface area contributed by atoms with Crippen molar-refractivity contribution in [2.75, 3.05) is 13.7 Å². The second-order valence-corrected chi connectivity index (χ2v) is 11.2. The minimum absolute atomic E-state index is 0.0938. The van der Waals surface area contributed by atoms with Crippen LogP contribution in [-0.2, 0) is 20.7 Å². The monoisotopic (exact) mass is 597 g/mol. The molecular formula is C39H35NO5. The van der Waals surface area contributed by atoms with Gasteiger partial charge in [0.05, 0.1) is 7.11 Å². The molecule has 1 unspecified atom stereocenters. The third-order valence-corrected chi connectivity index (χ3v) is 8.24. The predicted molar refractivity (Wildman–Crippen MR) is 174 cm³/mol. The van der Waals surface area contributed by atoms with E-state index in [0.29, 0.717) is 5.75 Å². The highest BCUT2D eigenvalue weighted by Gasteiger charge is 2.31. The van der Waals surface area contributed by atoms with Crippen LogP contribution in [0.2, 0.25) is 0 Å². The number of carbonyl (C=O) groups is 2. The van der Waals surface area contributed by atoms with Gasteiger partial charge in [0.1, 0.15) is 18.4 Å². The Kier molecular flexibility index (Phi) is 8.92. The maximum Gasteiger partial charge on any atom is 0.407 e. The van der Waals surface area contributed by atoms with Gasteiger partial charge in [-0.25, -0.2) is 9.59 Å². The van der Waals surface area contributed by atoms with Gasteiger partial charge in [-0.05, 0) is 58.0 Å². The molecule has 226 valence electrons. The van der Waals surface area contributed by atoms with E-state index in [1.165, 1.54) is 0 Å². The Labute approximate surface area is 263 Å². The summed E-state index contributed by atoms with van der Waals surface area (Å²) in [6, 6.07) is 40.2. The Balaban J connectivity index is 1.22. The third-order valence-electron chi connectivity index (χ3n) is 8.24. The molecule has 1 amide bonds. The van der Waals surface area contributed by atoms with E-state index in [4.69, 9.17) is 14.2 Å². The average Bonchev–Trinajstić information content (AvgIpc) is 3.40. The number of methoxy groups -OCH3 is 1. The first-order valence-electron chi connectivity index (χ1n) is 15.1. The average molecular weight is 598 g/mol. The lowest BCUT2D eigenvalue weighted by Crippen LogP contribution is -2.44. The lowest BCUT2D eigenvalue weighted by atomic mass is 9.98. The predicted octanol–water partition coefficient (Wildman–Crippen LogP) is 7.79. The number of ether oxygens (including phenoxy) is 3. The summed E-state index contributed by atoms with van der Waals surface area (Å²) in [6.45, 7) is 2.15. The summed E-state index contributed by atoms with van der Waals surface area (Å²) in [5, 5.41) is 2.82. The van der Waals surface area contributed by atoms with Crippen molar-refractivity contribution < 1.29 is 23.8 Å². The van der Waals surface area contributed by atoms with Crippen LogP contribution < -0.4 is 10.1 Å². The van der Waals surface area contributed by atoms with Gasteiger partial charge in [0.15, 0.2) is 6.10 Å². The van der Waals surface area contributed by atoms with Crippen LogP contribution in [0.3, 0.4) is 0 Å². The van der Waals surface area contributed by atoms with E-state index in [9.17, 15) is 9.59 Å². The molecule has 0 fully saturated rings. The molecule has 2 atom stereocenters. The molecule has 0 radical (unpaired) electrons. The van der Waals surface area contributed by atoms with Crippen molar-refractivity contribution in [3.8, 4) is 16.9 Å². The summed E-state index contributed by atoms with van der Waals surface area (Å²) in [7, 11) is 1.61. The maximum atomic E-state index is 13.9. The zero-order chi connectivity index (χ0) is 31.2. The second kappa shape index (κ2) is 13.5. The van der Waals surface area contributed by atoms with Crippen molar-refractivity contribution >= 4 is 12.1 Å². The van der Waals surface area contributed by atoms with Crippen LogP contribution in [0.4, 0.5) is 4.79 Å². The highest BCUT2D eigenvalue weighted by Crippen LogP contribution is 2.44. The third kappa shape index (κ3) is 6.75. The van der Waals surface area contributed by atoms with E-state index in [1.54, 1.807) is 7.11 Å². The fourth-order valence-corrected chi connectivity index (χ4v) is 5.87. The molecule has 0 aliphatic heterocycles. The first-order valence-corrected chi connectivity index (χ1v) is 15.1. The van der Waals surface area contributed by atoms with Crippen LogP contribution in [0, 0.1) is 6.92 Å². The molecule has 1 aliphatic rings. The minimum atomic E-state index is -0.978. The summed E-state index contributed by atoms with van der Waals surface area (Å²) in [4.78, 5) is 27.2. The number of fused-ring (bicyclic) bond motifs is 3. The van der Waals surface area contributed by atoms with E-state index in [2.05, 4.69) is 29.6 Å². The zero-order valence-electron chi connectivity index (χ0n) is 25.3. The smallest absolute Gasteiger partial charge is 0.407 e. The number of esters is 1. The van der Waals surface area contributed by atoms with Gasteiger partial charge in [0.25, 0.3) is 0 Å². The highest BCUT2D eigenvalue weighted by molar-refractivity contribution is 5.82. The molecule has 5 aromatic carbocycles. The van der Waals surface area contributed by atoms with Gasteiger partial charge >= 0.3 is 12.1 Å². The van der Waals surface area contributed by atoms with Gasteiger partial charge < -0.3 is 19.5 Å². The largest absolute Gasteiger partial charge is 0.497 e. The van der Waals surface area contributed by atoms with Gasteiger partial charge in [-0.3, -0.25) is 0 Å². The zero-order valence-corrected chi connectivity index (χ0v) is 25.3. The fourth-order valence-electron chi connectivity index (χ4n) is 5.87. The molecule has 6 heteroatoms. The number of hydrogen-bond donors (Lipinski definition) is 1. The van der Waals surface area contributed by atoms with Crippen LogP contribution in [0.5, 0.6) is 5.75 Å². The Bertz CT molecular complexity index is 1720. The highest BCUT2D eigenvalue weighted by atomic mass is 16.6. The number of amides is 1. The summed E-state index contributed by atoms with van der Waals surface area (Å²) >= 11 is 0. The number of hydrogen-bond acceptors (Lipinski definition) is 5. The van der Waals surface area contributed by atoms with Crippen LogP contribution in [-0.4, -0.2) is 31.8 Å². The molecule has 6 rings (SSSR count). The lowest BCUT2D eigenvalue weighted by molar-refractivity contribution is -0.150. The Morgan fingerprint density at radius 3 is 1.87 bits per heavy atom. The first kappa shape index (κ1) is 29.7. The number of rotatable bonds is 10. The standard InChI is InChI=1S/C39H35NO5/c1-26-16-18-28(19-17-26)37(29-20-22-30(43-2)23-21-29)45-38(41)36(24-27-10-4-3-5-11-27)40-39(42)44-25-35-33-14-8-6-12-31(33)32-13-7-9-15-34(32)35/h3-23,35-37H,24-25H2,1-2H3,(H,40,42)/t36-,37?/m0/s1. The number of aryl methyl sites for hydroxylation is 1. The maximum absolute atomic E-state index is 13.9. The molecule has 1 aliphatic carbocycles. The van der Waals surface area contributed by atoms with Crippen molar-refractivity contribution in [2.45, 2.75) is 31.4 Å². The van der Waals surface area contributed by atoms with Gasteiger partial charge in [-0.1, -0.05) is 121 Å². The second-order valence-electron chi connectivity index (χ2n) is 11.2. The molecule has 1 N–H and O–H groups in total. The lowest BCUT2D eigenvalue weighted by Gasteiger charge is -2.24. The number of carbonyl (C=O) groups excluding carboxylic acids is 2. The van der Waals surface area contributed by atoms with Crippen molar-refractivity contribution in [3.05, 3.63) is 161 Å². The molecule has 45 heavy (non-hydrogen) atoms. The summed E-state index contributed by atoms with van der Waals surface area (Å²) < 4.78 is 17.3. The summed E-state index contributed by atoms with van der Waals surface area (Å²) in [5.74, 6) is 0.0454. The van der Waals surface area contributed by atoms with Crippen molar-refractivity contribution in [1.29, 1.82) is 0 Å². The summed E-state index contributed by atoms with van der Waals surface area (Å²) in [6.07, 6.45) is -1.12. The van der Waals surface area contributed by atoms with Crippen LogP contribution in [0.25, 0.3) is 11.1 Å². The molecule has 0 saturated carbocycles. The van der Waals surface area contributed by atoms with E-state index in [1.807, 2.05) is 110 Å². The van der Waals surface area contributed by atoms with Gasteiger partial charge in [-0.2, -0.15) is 0 Å². The quantitative estimate of drug-likeness (QED) is 0.166. The summed E-state index contributed by atoms with van der Waals surface area (Å²) in [5.41, 5.74) is 8.11. The molecule has 0 spiro atoms. The van der Waals surface area contributed by atoms with Crippen molar-refractivity contribution in [1.82, 2.24) is 5.32 Å². The van der Waals surface area contributed by atoms with E-state index in [0.717, 1.165) is 44.5 Å². The fraction of sp³-hybridized carbons (Fsp3) is 0.179. The normalized spacial score (nSPS) is 13.2. The van der Waals surface area contributed by atoms with Crippen molar-refractivity contribution in [3.63, 3.8) is 0 Å². The number of nitrogens with one attached hydrogen (secondary N) is 1. The molecule has 6 nitrogen and oxygen atoms in total. The minimum Gasteiger partial charge on any atom is -0.497 e. The molecule has 0 heterocycles. The number of benzene rings is 5. The molecule has 0 saturated heterocycles. The Hall–Kier alpha value is -5.36. The van der Waals surface area contributed by atoms with E-state index >= 15 is 0 Å². The van der Waals surface area contributed by atoms with Crippen LogP contribution in [0.1, 0.15) is 45.4 Å². The number of alkyl carbamates (subject to hydrolysis) is 1. The molecule has 0 bridgehead atoms. The Morgan fingerprint density at radius 2 is 1.27 bits per heavy atom. The van der Waals surface area contributed by atoms with Crippen LogP contribution >= 0.6 is 0 Å². The van der Waals surface area contributed by atoms with Crippen molar-refractivity contribution in [2.24, 2.45) is 0 Å². The SMILES string of the molecule is COc1ccc(C(OC(=O)[C@H](Cc2ccccc2)NC(=O)OCC2c3ccccc3-c3ccccc32)c2ccc(C)cc2)cc1. The van der Waals surface area contributed by atoms with Gasteiger partial charge in [0, 0.05) is 12.3 Å². The van der Waals surface area contributed by atoms with Crippen LogP contribution in [0.15, 0.2) is 127 Å². The van der Waals surface area contributed by atoms with E-state index in [-0.39, 0.29) is 18.9 Å².